The number of anilines is 1. The Morgan fingerprint density at radius 2 is 2.14 bits per heavy atom. The van der Waals surface area contributed by atoms with Crippen LogP contribution in [0.3, 0.4) is 0 Å². The lowest BCUT2D eigenvalue weighted by Gasteiger charge is -2.28. The van der Waals surface area contributed by atoms with E-state index in [1.807, 2.05) is 6.08 Å². The maximum atomic E-state index is 3.90. The molecule has 1 N–H and O–H groups in total. The molecule has 1 aliphatic heterocycles. The fourth-order valence-electron chi connectivity index (χ4n) is 1.89. The summed E-state index contributed by atoms with van der Waals surface area (Å²) in [6, 6.07) is 9.01. The van der Waals surface area contributed by atoms with Crippen LogP contribution in [0.1, 0.15) is 19.4 Å². The lowest BCUT2D eigenvalue weighted by Crippen LogP contribution is -2.32. The average Bonchev–Trinajstić information content (AvgIpc) is 2.61. The molecule has 14 heavy (non-hydrogen) atoms. The molecule has 0 amide bonds. The molecule has 0 saturated heterocycles. The van der Waals surface area contributed by atoms with Gasteiger partial charge in [0.25, 0.3) is 0 Å². The Hall–Kier alpha value is -1.24. The maximum absolute atomic E-state index is 3.90. The molecule has 1 heteroatoms. The number of rotatable bonds is 2. The van der Waals surface area contributed by atoms with E-state index in [0.717, 1.165) is 6.42 Å². The molecule has 0 saturated carbocycles. The van der Waals surface area contributed by atoms with Gasteiger partial charge in [0.05, 0.1) is 0 Å². The summed E-state index contributed by atoms with van der Waals surface area (Å²) in [6.45, 7) is 8.35. The summed E-state index contributed by atoms with van der Waals surface area (Å²) < 4.78 is 0. The van der Waals surface area contributed by atoms with Crippen LogP contribution in [-0.4, -0.2) is 6.04 Å². The molecule has 0 fully saturated rings. The van der Waals surface area contributed by atoms with Crippen molar-refractivity contribution in [3.63, 3.8) is 0 Å². The van der Waals surface area contributed by atoms with E-state index in [1.54, 1.807) is 0 Å². The minimum Gasteiger partial charge on any atom is -0.381 e. The van der Waals surface area contributed by atoms with Crippen LogP contribution < -0.4 is 5.32 Å². The molecule has 1 aromatic carbocycles. The monoisotopic (exact) mass is 187 g/mol. The van der Waals surface area contributed by atoms with Gasteiger partial charge in [-0.1, -0.05) is 38.1 Å². The standard InChI is InChI=1S/C13H17N/c1-4-13(2,3)12-9-10-7-5-6-8-11(10)14-12/h4-8,12,14H,1,9H2,2-3H3/t12-/m1/s1. The molecule has 1 atom stereocenters. The van der Waals surface area contributed by atoms with E-state index in [4.69, 9.17) is 0 Å². The van der Waals surface area contributed by atoms with E-state index >= 15 is 0 Å². The normalized spacial score (nSPS) is 20.0. The molecular weight excluding hydrogens is 170 g/mol. The van der Waals surface area contributed by atoms with Gasteiger partial charge in [0.1, 0.15) is 0 Å². The SMILES string of the molecule is C=CC(C)(C)[C@H]1Cc2ccccc2N1. The number of para-hydroxylation sites is 1. The van der Waals surface area contributed by atoms with Gasteiger partial charge in [-0.3, -0.25) is 0 Å². The lowest BCUT2D eigenvalue weighted by molar-refractivity contribution is 0.403. The molecule has 1 aromatic rings. The van der Waals surface area contributed by atoms with Crippen LogP contribution in [-0.2, 0) is 6.42 Å². The fraction of sp³-hybridized carbons (Fsp3) is 0.385. The largest absolute Gasteiger partial charge is 0.381 e. The van der Waals surface area contributed by atoms with E-state index in [2.05, 4.69) is 50.0 Å². The van der Waals surface area contributed by atoms with Gasteiger partial charge >= 0.3 is 0 Å². The predicted octanol–water partition coefficient (Wildman–Crippen LogP) is 3.24. The summed E-state index contributed by atoms with van der Waals surface area (Å²) in [5.74, 6) is 0. The third kappa shape index (κ3) is 1.43. The fourth-order valence-corrected chi connectivity index (χ4v) is 1.89. The zero-order valence-electron chi connectivity index (χ0n) is 8.88. The first-order valence-corrected chi connectivity index (χ1v) is 5.11. The van der Waals surface area contributed by atoms with Crippen molar-refractivity contribution in [3.8, 4) is 0 Å². The molecule has 0 unspecified atom stereocenters. The summed E-state index contributed by atoms with van der Waals surface area (Å²) in [5.41, 5.74) is 2.86. The third-order valence-electron chi connectivity index (χ3n) is 3.20. The maximum Gasteiger partial charge on any atom is 0.0387 e. The first-order valence-electron chi connectivity index (χ1n) is 5.11. The van der Waals surface area contributed by atoms with Crippen LogP contribution in [0.15, 0.2) is 36.9 Å². The first-order chi connectivity index (χ1) is 6.63. The lowest BCUT2D eigenvalue weighted by atomic mass is 9.83. The second kappa shape index (κ2) is 3.16. The summed E-state index contributed by atoms with van der Waals surface area (Å²) >= 11 is 0. The summed E-state index contributed by atoms with van der Waals surface area (Å²) in [4.78, 5) is 0. The predicted molar refractivity (Wildman–Crippen MR) is 61.5 cm³/mol. The van der Waals surface area contributed by atoms with Crippen molar-refractivity contribution < 1.29 is 0 Å². The van der Waals surface area contributed by atoms with E-state index in [9.17, 15) is 0 Å². The number of nitrogens with one attached hydrogen (secondary N) is 1. The van der Waals surface area contributed by atoms with E-state index < -0.39 is 0 Å². The number of hydrogen-bond acceptors (Lipinski definition) is 1. The van der Waals surface area contributed by atoms with Gasteiger partial charge < -0.3 is 5.32 Å². The van der Waals surface area contributed by atoms with Gasteiger partial charge in [-0.2, -0.15) is 0 Å². The minimum atomic E-state index is 0.152. The van der Waals surface area contributed by atoms with Gasteiger partial charge in [0.2, 0.25) is 0 Å². The van der Waals surface area contributed by atoms with Crippen molar-refractivity contribution in [3.05, 3.63) is 42.5 Å². The molecule has 0 aromatic heterocycles. The van der Waals surface area contributed by atoms with Crippen LogP contribution in [0.4, 0.5) is 5.69 Å². The Bertz CT molecular complexity index is 327. The zero-order chi connectivity index (χ0) is 10.2. The molecule has 2 rings (SSSR count). The van der Waals surface area contributed by atoms with Crippen LogP contribution in [0.5, 0.6) is 0 Å². The summed E-state index contributed by atoms with van der Waals surface area (Å²) in [6.07, 6.45) is 3.14. The van der Waals surface area contributed by atoms with Gasteiger partial charge in [0, 0.05) is 17.1 Å². The Morgan fingerprint density at radius 1 is 1.43 bits per heavy atom. The van der Waals surface area contributed by atoms with Crippen molar-refractivity contribution >= 4 is 5.69 Å². The molecule has 1 nitrogen and oxygen atoms in total. The Labute approximate surface area is 85.8 Å². The molecule has 1 aliphatic rings. The van der Waals surface area contributed by atoms with E-state index in [1.165, 1.54) is 11.3 Å². The van der Waals surface area contributed by atoms with Crippen LogP contribution >= 0.6 is 0 Å². The van der Waals surface area contributed by atoms with Crippen LogP contribution in [0.25, 0.3) is 0 Å². The van der Waals surface area contributed by atoms with Crippen molar-refractivity contribution in [2.45, 2.75) is 26.3 Å². The number of fused-ring (bicyclic) bond motifs is 1. The van der Waals surface area contributed by atoms with E-state index in [0.29, 0.717) is 6.04 Å². The van der Waals surface area contributed by atoms with Crippen molar-refractivity contribution in [1.29, 1.82) is 0 Å². The van der Waals surface area contributed by atoms with Crippen molar-refractivity contribution in [1.82, 2.24) is 0 Å². The van der Waals surface area contributed by atoms with Crippen molar-refractivity contribution in [2.75, 3.05) is 5.32 Å². The Balaban J connectivity index is 2.23. The molecule has 1 heterocycles. The van der Waals surface area contributed by atoms with Crippen LogP contribution in [0, 0.1) is 5.41 Å². The average molecular weight is 187 g/mol. The Morgan fingerprint density at radius 3 is 2.79 bits per heavy atom. The Kier molecular flexibility index (Phi) is 2.10. The number of hydrogen-bond donors (Lipinski definition) is 1. The third-order valence-corrected chi connectivity index (χ3v) is 3.20. The molecule has 0 radical (unpaired) electrons. The smallest absolute Gasteiger partial charge is 0.0387 e. The highest BCUT2D eigenvalue weighted by Crippen LogP contribution is 2.34. The highest BCUT2D eigenvalue weighted by Gasteiger charge is 2.31. The molecular formula is C13H17N. The molecule has 74 valence electrons. The summed E-state index contributed by atoms with van der Waals surface area (Å²) in [5, 5.41) is 3.55. The molecule has 0 spiro atoms. The van der Waals surface area contributed by atoms with Crippen LogP contribution in [0.2, 0.25) is 0 Å². The summed E-state index contributed by atoms with van der Waals surface area (Å²) in [7, 11) is 0. The second-order valence-electron chi connectivity index (χ2n) is 4.58. The quantitative estimate of drug-likeness (QED) is 0.701. The van der Waals surface area contributed by atoms with Gasteiger partial charge in [-0.05, 0) is 18.1 Å². The highest BCUT2D eigenvalue weighted by molar-refractivity contribution is 5.57. The number of benzene rings is 1. The van der Waals surface area contributed by atoms with Gasteiger partial charge in [-0.15, -0.1) is 6.58 Å². The van der Waals surface area contributed by atoms with Gasteiger partial charge in [0.15, 0.2) is 0 Å². The highest BCUT2D eigenvalue weighted by atomic mass is 15.0. The molecule has 0 bridgehead atoms. The van der Waals surface area contributed by atoms with Crippen molar-refractivity contribution in [2.24, 2.45) is 5.41 Å². The van der Waals surface area contributed by atoms with E-state index in [-0.39, 0.29) is 5.41 Å². The van der Waals surface area contributed by atoms with Gasteiger partial charge in [-0.25, -0.2) is 0 Å². The second-order valence-corrected chi connectivity index (χ2v) is 4.58. The minimum absolute atomic E-state index is 0.152. The topological polar surface area (TPSA) is 12.0 Å². The zero-order valence-corrected chi connectivity index (χ0v) is 8.88. The molecule has 0 aliphatic carbocycles. The first kappa shape index (κ1) is 9.32.